The van der Waals surface area contributed by atoms with Gasteiger partial charge in [0.1, 0.15) is 5.82 Å². The van der Waals surface area contributed by atoms with Gasteiger partial charge in [0.2, 0.25) is 0 Å². The van der Waals surface area contributed by atoms with E-state index in [0.29, 0.717) is 11.7 Å². The Kier molecular flexibility index (Phi) is 6.67. The smallest absolute Gasteiger partial charge is 0.346 e. The van der Waals surface area contributed by atoms with E-state index in [-0.39, 0.29) is 12.1 Å². The summed E-state index contributed by atoms with van der Waals surface area (Å²) in [6.45, 7) is 10.3. The fraction of sp³-hybridized carbons (Fsp3) is 0.455. The minimum atomic E-state index is -4.31. The van der Waals surface area contributed by atoms with E-state index in [1.165, 1.54) is 0 Å². The molecule has 0 saturated carbocycles. The van der Waals surface area contributed by atoms with Gasteiger partial charge in [-0.25, -0.2) is 4.98 Å². The first kappa shape index (κ1) is 22.5. The molecule has 0 radical (unpaired) electrons. The van der Waals surface area contributed by atoms with Crippen molar-refractivity contribution in [2.24, 2.45) is 0 Å². The number of hydrogen-bond acceptors (Lipinski definition) is 3. The number of thiocarbonyl (C=S) groups is 1. The van der Waals surface area contributed by atoms with Crippen LogP contribution in [0.3, 0.4) is 0 Å². The lowest BCUT2D eigenvalue weighted by Gasteiger charge is -2.45. The lowest BCUT2D eigenvalue weighted by Crippen LogP contribution is -2.58. The molecular formula is C22H27F3N4S. The molecule has 0 bridgehead atoms. The van der Waals surface area contributed by atoms with Crippen molar-refractivity contribution < 1.29 is 13.2 Å². The highest BCUT2D eigenvalue weighted by Crippen LogP contribution is 2.29. The second-order valence-electron chi connectivity index (χ2n) is 8.07. The lowest BCUT2D eigenvalue weighted by molar-refractivity contribution is -0.137. The molecule has 162 valence electrons. The fourth-order valence-corrected chi connectivity index (χ4v) is 4.19. The first-order valence-corrected chi connectivity index (χ1v) is 10.4. The molecule has 4 nitrogen and oxygen atoms in total. The van der Waals surface area contributed by atoms with Crippen LogP contribution in [0.4, 0.5) is 19.0 Å². The molecule has 2 aromatic rings. The zero-order valence-corrected chi connectivity index (χ0v) is 18.4. The van der Waals surface area contributed by atoms with E-state index in [0.717, 1.165) is 47.9 Å². The number of alkyl halides is 3. The van der Waals surface area contributed by atoms with Crippen molar-refractivity contribution in [1.82, 2.24) is 14.8 Å². The van der Waals surface area contributed by atoms with Crippen molar-refractivity contribution in [3.05, 3.63) is 58.8 Å². The molecule has 30 heavy (non-hydrogen) atoms. The number of halogens is 3. The minimum absolute atomic E-state index is 0.197. The Balaban J connectivity index is 1.62. The number of aryl methyl sites for hydroxylation is 2. The van der Waals surface area contributed by atoms with Crippen molar-refractivity contribution in [3.8, 4) is 0 Å². The summed E-state index contributed by atoms with van der Waals surface area (Å²) in [4.78, 5) is 8.92. The predicted molar refractivity (Wildman–Crippen MR) is 117 cm³/mol. The summed E-state index contributed by atoms with van der Waals surface area (Å²) >= 11 is 5.62. The molecule has 2 heterocycles. The minimum Gasteiger partial charge on any atom is -0.346 e. The second kappa shape index (κ2) is 8.89. The zero-order valence-electron chi connectivity index (χ0n) is 17.6. The summed E-state index contributed by atoms with van der Waals surface area (Å²) in [5.74, 6) is 0.741. The Hall–Kier alpha value is -2.19. The third kappa shape index (κ3) is 5.49. The third-order valence-electron chi connectivity index (χ3n) is 5.37. The van der Waals surface area contributed by atoms with Crippen LogP contribution in [0.1, 0.15) is 36.2 Å². The van der Waals surface area contributed by atoms with Gasteiger partial charge in [-0.3, -0.25) is 4.90 Å². The highest BCUT2D eigenvalue weighted by molar-refractivity contribution is 7.80. The average Bonchev–Trinajstić information content (AvgIpc) is 2.63. The number of pyridine rings is 1. The van der Waals surface area contributed by atoms with Gasteiger partial charge in [0, 0.05) is 37.4 Å². The van der Waals surface area contributed by atoms with Gasteiger partial charge in [-0.1, -0.05) is 12.1 Å². The van der Waals surface area contributed by atoms with Crippen molar-refractivity contribution in [3.63, 3.8) is 0 Å². The molecule has 0 unspecified atom stereocenters. The highest BCUT2D eigenvalue weighted by atomic mass is 32.1. The van der Waals surface area contributed by atoms with Gasteiger partial charge in [-0.15, -0.1) is 0 Å². The molecule has 1 aliphatic heterocycles. The molecule has 0 amide bonds. The number of nitrogens with zero attached hydrogens (tertiary/aromatic N) is 3. The molecule has 1 fully saturated rings. The van der Waals surface area contributed by atoms with Gasteiger partial charge in [0.05, 0.1) is 5.56 Å². The molecule has 2 atom stereocenters. The number of rotatable bonds is 3. The average molecular weight is 437 g/mol. The third-order valence-corrected chi connectivity index (χ3v) is 5.73. The van der Waals surface area contributed by atoms with E-state index < -0.39 is 11.7 Å². The topological polar surface area (TPSA) is 31.4 Å². The molecule has 0 spiro atoms. The molecule has 1 aromatic heterocycles. The maximum Gasteiger partial charge on any atom is 0.416 e. The van der Waals surface area contributed by atoms with Gasteiger partial charge in [-0.05, 0) is 75.3 Å². The number of benzene rings is 1. The number of hydrogen-bond donors (Lipinski definition) is 1. The summed E-state index contributed by atoms with van der Waals surface area (Å²) in [6, 6.07) is 9.80. The van der Waals surface area contributed by atoms with E-state index in [9.17, 15) is 13.2 Å². The van der Waals surface area contributed by atoms with Crippen LogP contribution in [0.15, 0.2) is 36.4 Å². The molecule has 3 rings (SSSR count). The van der Waals surface area contributed by atoms with Gasteiger partial charge < -0.3 is 10.2 Å². The lowest BCUT2D eigenvalue weighted by atomic mass is 10.1. The number of nitrogens with one attached hydrogen (secondary N) is 1. The summed E-state index contributed by atoms with van der Waals surface area (Å²) in [5.41, 5.74) is 2.31. The van der Waals surface area contributed by atoms with E-state index >= 15 is 0 Å². The van der Waals surface area contributed by atoms with Gasteiger partial charge >= 0.3 is 6.18 Å². The van der Waals surface area contributed by atoms with Crippen molar-refractivity contribution in [1.29, 1.82) is 0 Å². The van der Waals surface area contributed by atoms with E-state index in [4.69, 9.17) is 12.2 Å². The molecule has 1 aliphatic rings. The molecule has 1 N–H and O–H groups in total. The second-order valence-corrected chi connectivity index (χ2v) is 8.46. The van der Waals surface area contributed by atoms with Gasteiger partial charge in [0.15, 0.2) is 5.11 Å². The van der Waals surface area contributed by atoms with Crippen LogP contribution in [0.5, 0.6) is 0 Å². The first-order chi connectivity index (χ1) is 14.0. The molecule has 1 saturated heterocycles. The standard InChI is InChI=1S/C22H27F3N4S/c1-14-9-15(2)26-20(10-14)27-21(30)28-11-16(3)29(17(4)12-28)13-18-5-7-19(8-6-18)22(23,24)25/h5-10,16-17H,11-13H2,1-4H3,(H,26,27,30)/t16-,17+. The van der Waals surface area contributed by atoms with E-state index in [2.05, 4.69) is 33.9 Å². The molecule has 8 heteroatoms. The molecular weight excluding hydrogens is 409 g/mol. The Bertz CT molecular complexity index is 866. The van der Waals surface area contributed by atoms with Crippen molar-refractivity contribution in [2.45, 2.75) is 52.5 Å². The number of piperazine rings is 1. The normalized spacial score (nSPS) is 20.3. The van der Waals surface area contributed by atoms with Crippen LogP contribution in [0.2, 0.25) is 0 Å². The van der Waals surface area contributed by atoms with Crippen LogP contribution >= 0.6 is 12.2 Å². The Morgan fingerprint density at radius 2 is 1.70 bits per heavy atom. The zero-order chi connectivity index (χ0) is 22.1. The SMILES string of the molecule is Cc1cc(C)nc(NC(=S)N2C[C@@H](C)N(Cc3ccc(C(F)(F)F)cc3)[C@@H](C)C2)c1. The molecule has 1 aromatic carbocycles. The van der Waals surface area contributed by atoms with Crippen LogP contribution in [0.25, 0.3) is 0 Å². The van der Waals surface area contributed by atoms with E-state index in [1.54, 1.807) is 12.1 Å². The van der Waals surface area contributed by atoms with E-state index in [1.807, 2.05) is 26.0 Å². The van der Waals surface area contributed by atoms with Crippen LogP contribution in [-0.4, -0.2) is 45.1 Å². The molecule has 0 aliphatic carbocycles. The van der Waals surface area contributed by atoms with Gasteiger partial charge in [0.25, 0.3) is 0 Å². The monoisotopic (exact) mass is 436 g/mol. The highest BCUT2D eigenvalue weighted by Gasteiger charge is 2.32. The Morgan fingerprint density at radius 3 is 2.23 bits per heavy atom. The summed E-state index contributed by atoms with van der Waals surface area (Å²) in [5, 5.41) is 3.88. The van der Waals surface area contributed by atoms with Crippen LogP contribution < -0.4 is 5.32 Å². The maximum atomic E-state index is 12.8. The summed E-state index contributed by atoms with van der Waals surface area (Å²) < 4.78 is 38.3. The van der Waals surface area contributed by atoms with Gasteiger partial charge in [-0.2, -0.15) is 13.2 Å². The number of anilines is 1. The largest absolute Gasteiger partial charge is 0.416 e. The van der Waals surface area contributed by atoms with Crippen molar-refractivity contribution in [2.75, 3.05) is 18.4 Å². The fourth-order valence-electron chi connectivity index (χ4n) is 3.94. The van der Waals surface area contributed by atoms with Crippen LogP contribution in [0, 0.1) is 13.8 Å². The van der Waals surface area contributed by atoms with Crippen molar-refractivity contribution >= 4 is 23.1 Å². The Labute approximate surface area is 181 Å². The maximum absolute atomic E-state index is 12.8. The predicted octanol–water partition coefficient (Wildman–Crippen LogP) is 5.01. The summed E-state index contributed by atoms with van der Waals surface area (Å²) in [6.07, 6.45) is -4.31. The number of aromatic nitrogens is 1. The quantitative estimate of drug-likeness (QED) is 0.684. The first-order valence-electron chi connectivity index (χ1n) is 9.96. The summed E-state index contributed by atoms with van der Waals surface area (Å²) in [7, 11) is 0. The Morgan fingerprint density at radius 1 is 1.10 bits per heavy atom. The van der Waals surface area contributed by atoms with Crippen LogP contribution in [-0.2, 0) is 12.7 Å².